The van der Waals surface area contributed by atoms with Crippen LogP contribution in [0.4, 0.5) is 0 Å². The Kier molecular flexibility index (Phi) is 2.33. The van der Waals surface area contributed by atoms with E-state index in [9.17, 15) is 5.11 Å². The number of aliphatic hydroxyl groups excluding tert-OH is 2. The summed E-state index contributed by atoms with van der Waals surface area (Å²) in [6.07, 6.45) is 3.89. The Bertz CT molecular complexity index is 296. The topological polar surface area (TPSA) is 58.3 Å². The van der Waals surface area contributed by atoms with Crippen molar-refractivity contribution in [3.8, 4) is 0 Å². The molecule has 1 aromatic heterocycles. The summed E-state index contributed by atoms with van der Waals surface area (Å²) < 4.78 is 1.99. The van der Waals surface area contributed by atoms with E-state index in [1.54, 1.807) is 0 Å². The predicted octanol–water partition coefficient (Wildman–Crippen LogP) is 0.245. The van der Waals surface area contributed by atoms with Gasteiger partial charge in [-0.2, -0.15) is 0 Å². The molecule has 0 amide bonds. The molecular weight excluding hydrogens is 168 g/mol. The van der Waals surface area contributed by atoms with E-state index >= 15 is 0 Å². The lowest BCUT2D eigenvalue weighted by Gasteiger charge is -2.18. The molecule has 0 aromatic carbocycles. The summed E-state index contributed by atoms with van der Waals surface area (Å²) in [5.74, 6) is 0.759. The highest BCUT2D eigenvalue weighted by Crippen LogP contribution is 2.23. The quantitative estimate of drug-likeness (QED) is 0.689. The highest BCUT2D eigenvalue weighted by molar-refractivity contribution is 5.08. The molecule has 72 valence electrons. The van der Waals surface area contributed by atoms with E-state index in [-0.39, 0.29) is 6.61 Å². The minimum Gasteiger partial charge on any atom is -0.396 e. The van der Waals surface area contributed by atoms with Gasteiger partial charge < -0.3 is 14.8 Å². The molecule has 4 heteroatoms. The zero-order chi connectivity index (χ0) is 9.26. The smallest absolute Gasteiger partial charge is 0.137 e. The van der Waals surface area contributed by atoms with Crippen LogP contribution < -0.4 is 0 Å². The fourth-order valence-electron chi connectivity index (χ4n) is 1.75. The van der Waals surface area contributed by atoms with E-state index < -0.39 is 6.10 Å². The van der Waals surface area contributed by atoms with Crippen LogP contribution in [0.1, 0.15) is 30.5 Å². The van der Waals surface area contributed by atoms with Crippen LogP contribution in [-0.4, -0.2) is 26.4 Å². The Hall–Kier alpha value is -0.870. The average molecular weight is 182 g/mol. The summed E-state index contributed by atoms with van der Waals surface area (Å²) in [5, 5.41) is 18.3. The molecule has 2 N–H and O–H groups in total. The average Bonchev–Trinajstić information content (AvgIpc) is 2.49. The zero-order valence-corrected chi connectivity index (χ0v) is 7.48. The van der Waals surface area contributed by atoms with Crippen molar-refractivity contribution in [3.63, 3.8) is 0 Å². The molecule has 0 bridgehead atoms. The molecule has 0 aliphatic carbocycles. The monoisotopic (exact) mass is 182 g/mol. The molecule has 1 aromatic rings. The standard InChI is InChI=1S/C9H14N2O2/c12-5-3-7-6-11-4-1-2-8(13)9(11)10-7/h6,8,12-13H,1-5H2. The molecule has 2 heterocycles. The van der Waals surface area contributed by atoms with Crippen molar-refractivity contribution in [1.29, 1.82) is 0 Å². The first-order chi connectivity index (χ1) is 6.31. The number of hydrogen-bond donors (Lipinski definition) is 2. The molecule has 1 unspecified atom stereocenters. The van der Waals surface area contributed by atoms with Crippen molar-refractivity contribution >= 4 is 0 Å². The van der Waals surface area contributed by atoms with Crippen LogP contribution in [-0.2, 0) is 13.0 Å². The largest absolute Gasteiger partial charge is 0.396 e. The van der Waals surface area contributed by atoms with Gasteiger partial charge in [0.2, 0.25) is 0 Å². The second-order valence-corrected chi connectivity index (χ2v) is 3.42. The van der Waals surface area contributed by atoms with Gasteiger partial charge in [0.05, 0.1) is 5.69 Å². The van der Waals surface area contributed by atoms with Crippen LogP contribution in [0.25, 0.3) is 0 Å². The van der Waals surface area contributed by atoms with Crippen molar-refractivity contribution in [2.24, 2.45) is 0 Å². The van der Waals surface area contributed by atoms with Crippen LogP contribution in [0, 0.1) is 0 Å². The summed E-state index contributed by atoms with van der Waals surface area (Å²) in [7, 11) is 0. The van der Waals surface area contributed by atoms with Gasteiger partial charge in [0, 0.05) is 25.8 Å². The number of nitrogens with zero attached hydrogens (tertiary/aromatic N) is 2. The van der Waals surface area contributed by atoms with Crippen LogP contribution in [0.5, 0.6) is 0 Å². The Labute approximate surface area is 76.8 Å². The van der Waals surface area contributed by atoms with E-state index in [4.69, 9.17) is 5.11 Å². The first-order valence-electron chi connectivity index (χ1n) is 4.66. The summed E-state index contributed by atoms with van der Waals surface area (Å²) in [4.78, 5) is 4.27. The minimum atomic E-state index is -0.416. The maximum absolute atomic E-state index is 9.60. The first kappa shape index (κ1) is 8.72. The van der Waals surface area contributed by atoms with E-state index in [1.165, 1.54) is 0 Å². The fraction of sp³-hybridized carbons (Fsp3) is 0.667. The molecule has 0 fully saturated rings. The van der Waals surface area contributed by atoms with E-state index in [0.717, 1.165) is 30.9 Å². The van der Waals surface area contributed by atoms with Gasteiger partial charge in [-0.25, -0.2) is 4.98 Å². The lowest BCUT2D eigenvalue weighted by atomic mass is 10.1. The molecule has 4 nitrogen and oxygen atoms in total. The van der Waals surface area contributed by atoms with Gasteiger partial charge in [0.15, 0.2) is 0 Å². The molecule has 0 radical (unpaired) electrons. The Morgan fingerprint density at radius 2 is 2.46 bits per heavy atom. The number of aromatic nitrogens is 2. The Morgan fingerprint density at radius 1 is 1.62 bits per heavy atom. The van der Waals surface area contributed by atoms with Gasteiger partial charge in [0.25, 0.3) is 0 Å². The van der Waals surface area contributed by atoms with Gasteiger partial charge in [-0.15, -0.1) is 0 Å². The predicted molar refractivity (Wildman–Crippen MR) is 47.2 cm³/mol. The highest BCUT2D eigenvalue weighted by atomic mass is 16.3. The van der Waals surface area contributed by atoms with Crippen molar-refractivity contribution in [2.45, 2.75) is 31.9 Å². The van der Waals surface area contributed by atoms with Gasteiger partial charge in [-0.1, -0.05) is 0 Å². The van der Waals surface area contributed by atoms with E-state index in [2.05, 4.69) is 4.98 Å². The third-order valence-corrected chi connectivity index (χ3v) is 2.40. The maximum Gasteiger partial charge on any atom is 0.137 e. The van der Waals surface area contributed by atoms with E-state index in [0.29, 0.717) is 6.42 Å². The summed E-state index contributed by atoms with van der Waals surface area (Å²) in [5.41, 5.74) is 0.874. The van der Waals surface area contributed by atoms with E-state index in [1.807, 2.05) is 10.8 Å². The Balaban J connectivity index is 2.25. The number of imidazole rings is 1. The maximum atomic E-state index is 9.60. The molecule has 13 heavy (non-hydrogen) atoms. The van der Waals surface area contributed by atoms with Crippen molar-refractivity contribution < 1.29 is 10.2 Å². The third kappa shape index (κ3) is 1.59. The molecule has 0 saturated carbocycles. The van der Waals surface area contributed by atoms with Crippen molar-refractivity contribution in [2.75, 3.05) is 6.61 Å². The summed E-state index contributed by atoms with van der Waals surface area (Å²) >= 11 is 0. The molecule has 1 atom stereocenters. The molecule has 0 saturated heterocycles. The number of aryl methyl sites for hydroxylation is 1. The molecule has 1 aliphatic rings. The van der Waals surface area contributed by atoms with Crippen LogP contribution >= 0.6 is 0 Å². The van der Waals surface area contributed by atoms with Crippen LogP contribution in [0.3, 0.4) is 0 Å². The van der Waals surface area contributed by atoms with Crippen molar-refractivity contribution in [3.05, 3.63) is 17.7 Å². The normalized spacial score (nSPS) is 21.5. The first-order valence-corrected chi connectivity index (χ1v) is 4.66. The second-order valence-electron chi connectivity index (χ2n) is 3.42. The van der Waals surface area contributed by atoms with Gasteiger partial charge in [-0.05, 0) is 12.8 Å². The number of hydrogen-bond acceptors (Lipinski definition) is 3. The van der Waals surface area contributed by atoms with Crippen LogP contribution in [0.15, 0.2) is 6.20 Å². The Morgan fingerprint density at radius 3 is 3.15 bits per heavy atom. The molecule has 1 aliphatic heterocycles. The van der Waals surface area contributed by atoms with Crippen molar-refractivity contribution in [1.82, 2.24) is 9.55 Å². The summed E-state index contributed by atoms with van der Waals surface area (Å²) in [6, 6.07) is 0. The fourth-order valence-corrected chi connectivity index (χ4v) is 1.75. The lowest BCUT2D eigenvalue weighted by Crippen LogP contribution is -2.14. The van der Waals surface area contributed by atoms with Gasteiger partial charge in [0.1, 0.15) is 11.9 Å². The molecule has 0 spiro atoms. The highest BCUT2D eigenvalue weighted by Gasteiger charge is 2.20. The zero-order valence-electron chi connectivity index (χ0n) is 7.48. The number of aliphatic hydroxyl groups is 2. The molecular formula is C9H14N2O2. The second kappa shape index (κ2) is 3.47. The summed E-state index contributed by atoms with van der Waals surface area (Å²) in [6.45, 7) is 1.05. The van der Waals surface area contributed by atoms with Gasteiger partial charge >= 0.3 is 0 Å². The number of fused-ring (bicyclic) bond motifs is 1. The number of rotatable bonds is 2. The minimum absolute atomic E-state index is 0.118. The molecule has 2 rings (SSSR count). The van der Waals surface area contributed by atoms with Gasteiger partial charge in [-0.3, -0.25) is 0 Å². The SMILES string of the molecule is OCCc1cn2c(n1)C(O)CCC2. The third-order valence-electron chi connectivity index (χ3n) is 2.40. The lowest BCUT2D eigenvalue weighted by molar-refractivity contribution is 0.133. The van der Waals surface area contributed by atoms with Crippen LogP contribution in [0.2, 0.25) is 0 Å².